The van der Waals surface area contributed by atoms with Crippen molar-refractivity contribution in [1.82, 2.24) is 15.3 Å². The van der Waals surface area contributed by atoms with E-state index in [0.29, 0.717) is 15.8 Å². The highest BCUT2D eigenvalue weighted by molar-refractivity contribution is 6.34. The molecule has 19 heavy (non-hydrogen) atoms. The van der Waals surface area contributed by atoms with Crippen molar-refractivity contribution < 1.29 is 4.74 Å². The Morgan fingerprint density at radius 2 is 1.74 bits per heavy atom. The van der Waals surface area contributed by atoms with Gasteiger partial charge in [-0.3, -0.25) is 0 Å². The first-order valence-corrected chi connectivity index (χ1v) is 6.58. The summed E-state index contributed by atoms with van der Waals surface area (Å²) in [7, 11) is 0. The summed E-state index contributed by atoms with van der Waals surface area (Å²) < 4.78 is 5.49. The molecule has 2 aromatic rings. The fourth-order valence-electron chi connectivity index (χ4n) is 1.45. The molecule has 4 nitrogen and oxygen atoms in total. The third kappa shape index (κ3) is 4.35. The smallest absolute Gasteiger partial charge is 0.321 e. The SMILES string of the molecule is CCNCc1cnc(Oc2cc(Cl)cc(Cl)c2)nc1. The van der Waals surface area contributed by atoms with Crippen LogP contribution in [0.4, 0.5) is 0 Å². The summed E-state index contributed by atoms with van der Waals surface area (Å²) in [4.78, 5) is 8.25. The highest BCUT2D eigenvalue weighted by Crippen LogP contribution is 2.26. The Bertz CT molecular complexity index is 526. The molecule has 0 atom stereocenters. The second kappa shape index (κ2) is 6.70. The largest absolute Gasteiger partial charge is 0.424 e. The van der Waals surface area contributed by atoms with E-state index in [-0.39, 0.29) is 6.01 Å². The molecule has 0 amide bonds. The van der Waals surface area contributed by atoms with E-state index in [9.17, 15) is 0 Å². The van der Waals surface area contributed by atoms with Gasteiger partial charge in [0.1, 0.15) is 5.75 Å². The van der Waals surface area contributed by atoms with E-state index in [2.05, 4.69) is 15.3 Å². The number of aromatic nitrogens is 2. The fraction of sp³-hybridized carbons (Fsp3) is 0.231. The highest BCUT2D eigenvalue weighted by atomic mass is 35.5. The molecule has 1 N–H and O–H groups in total. The zero-order valence-electron chi connectivity index (χ0n) is 10.4. The van der Waals surface area contributed by atoms with Crippen LogP contribution < -0.4 is 10.1 Å². The molecule has 0 bridgehead atoms. The van der Waals surface area contributed by atoms with E-state index in [1.54, 1.807) is 30.6 Å². The van der Waals surface area contributed by atoms with Gasteiger partial charge in [-0.25, -0.2) is 9.97 Å². The lowest BCUT2D eigenvalue weighted by atomic mass is 10.3. The molecule has 1 aromatic heterocycles. The second-order valence-electron chi connectivity index (χ2n) is 3.86. The number of benzene rings is 1. The average Bonchev–Trinajstić information content (AvgIpc) is 2.37. The van der Waals surface area contributed by atoms with Crippen LogP contribution in [-0.2, 0) is 6.54 Å². The summed E-state index contributed by atoms with van der Waals surface area (Å²) in [6.45, 7) is 3.68. The van der Waals surface area contributed by atoms with Gasteiger partial charge in [-0.2, -0.15) is 0 Å². The molecule has 0 saturated heterocycles. The molecule has 0 fully saturated rings. The lowest BCUT2D eigenvalue weighted by Gasteiger charge is -2.06. The predicted octanol–water partition coefficient (Wildman–Crippen LogP) is 3.69. The number of halogens is 2. The van der Waals surface area contributed by atoms with Crippen LogP contribution in [0, 0.1) is 0 Å². The van der Waals surface area contributed by atoms with Gasteiger partial charge < -0.3 is 10.1 Å². The molecule has 0 unspecified atom stereocenters. The summed E-state index contributed by atoms with van der Waals surface area (Å²) in [5.74, 6) is 0.511. The summed E-state index contributed by atoms with van der Waals surface area (Å²) in [6, 6.07) is 5.21. The standard InChI is InChI=1S/C13H13Cl2N3O/c1-2-16-6-9-7-17-13(18-8-9)19-12-4-10(14)3-11(15)5-12/h3-5,7-8,16H,2,6H2,1H3. The van der Waals surface area contributed by atoms with Gasteiger partial charge in [0.05, 0.1) is 0 Å². The van der Waals surface area contributed by atoms with E-state index in [1.807, 2.05) is 6.92 Å². The molecule has 0 spiro atoms. The van der Waals surface area contributed by atoms with Gasteiger partial charge in [0.25, 0.3) is 0 Å². The van der Waals surface area contributed by atoms with E-state index in [4.69, 9.17) is 27.9 Å². The summed E-state index contributed by atoms with van der Waals surface area (Å²) in [6.07, 6.45) is 3.44. The fourth-order valence-corrected chi connectivity index (χ4v) is 1.96. The van der Waals surface area contributed by atoms with E-state index in [1.165, 1.54) is 0 Å². The van der Waals surface area contributed by atoms with Crippen LogP contribution >= 0.6 is 23.2 Å². The van der Waals surface area contributed by atoms with Crippen molar-refractivity contribution >= 4 is 23.2 Å². The van der Waals surface area contributed by atoms with Gasteiger partial charge in [0.2, 0.25) is 0 Å². The number of hydrogen-bond acceptors (Lipinski definition) is 4. The van der Waals surface area contributed by atoms with E-state index >= 15 is 0 Å². The van der Waals surface area contributed by atoms with Crippen LogP contribution in [-0.4, -0.2) is 16.5 Å². The summed E-state index contributed by atoms with van der Waals surface area (Å²) in [5.41, 5.74) is 0.998. The normalized spacial score (nSPS) is 10.5. The number of hydrogen-bond donors (Lipinski definition) is 1. The number of ether oxygens (including phenoxy) is 1. The molecule has 0 radical (unpaired) electrons. The lowest BCUT2D eigenvalue weighted by molar-refractivity contribution is 0.441. The molecule has 6 heteroatoms. The molecule has 0 aliphatic heterocycles. The highest BCUT2D eigenvalue weighted by Gasteiger charge is 2.03. The summed E-state index contributed by atoms with van der Waals surface area (Å²) in [5, 5.41) is 4.20. The molecule has 100 valence electrons. The van der Waals surface area contributed by atoms with Crippen molar-refractivity contribution in [3.63, 3.8) is 0 Å². The number of nitrogens with one attached hydrogen (secondary N) is 1. The Balaban J connectivity index is 2.06. The second-order valence-corrected chi connectivity index (χ2v) is 4.73. The third-order valence-electron chi connectivity index (χ3n) is 2.31. The maximum atomic E-state index is 5.89. The quantitative estimate of drug-likeness (QED) is 0.914. The Morgan fingerprint density at radius 1 is 1.11 bits per heavy atom. The Morgan fingerprint density at radius 3 is 2.32 bits per heavy atom. The Hall–Kier alpha value is -1.36. The zero-order chi connectivity index (χ0) is 13.7. The van der Waals surface area contributed by atoms with E-state index in [0.717, 1.165) is 18.7 Å². The summed E-state index contributed by atoms with van der Waals surface area (Å²) >= 11 is 11.8. The molecule has 1 aromatic carbocycles. The monoisotopic (exact) mass is 297 g/mol. The first-order valence-electron chi connectivity index (χ1n) is 5.83. The maximum Gasteiger partial charge on any atom is 0.321 e. The molecular weight excluding hydrogens is 285 g/mol. The van der Waals surface area contributed by atoms with Crippen LogP contribution in [0.15, 0.2) is 30.6 Å². The molecule has 0 saturated carbocycles. The van der Waals surface area contributed by atoms with Gasteiger partial charge in [0, 0.05) is 34.5 Å². The molecule has 2 rings (SSSR count). The van der Waals surface area contributed by atoms with Gasteiger partial charge in [-0.15, -0.1) is 0 Å². The molecule has 0 aliphatic carbocycles. The first kappa shape index (κ1) is 14.1. The Labute approximate surface area is 121 Å². The van der Waals surface area contributed by atoms with Crippen molar-refractivity contribution in [1.29, 1.82) is 0 Å². The van der Waals surface area contributed by atoms with Crippen molar-refractivity contribution in [2.75, 3.05) is 6.54 Å². The van der Waals surface area contributed by atoms with Gasteiger partial charge in [-0.1, -0.05) is 30.1 Å². The van der Waals surface area contributed by atoms with Crippen LogP contribution in [0.2, 0.25) is 10.0 Å². The van der Waals surface area contributed by atoms with Crippen LogP contribution in [0.3, 0.4) is 0 Å². The average molecular weight is 298 g/mol. The molecule has 1 heterocycles. The minimum Gasteiger partial charge on any atom is -0.424 e. The topological polar surface area (TPSA) is 47.0 Å². The number of rotatable bonds is 5. The first-order chi connectivity index (χ1) is 9.17. The third-order valence-corrected chi connectivity index (χ3v) is 2.74. The van der Waals surface area contributed by atoms with Crippen LogP contribution in [0.5, 0.6) is 11.8 Å². The van der Waals surface area contributed by atoms with Crippen molar-refractivity contribution in [3.05, 3.63) is 46.2 Å². The minimum absolute atomic E-state index is 0.263. The lowest BCUT2D eigenvalue weighted by Crippen LogP contribution is -2.12. The van der Waals surface area contributed by atoms with Crippen LogP contribution in [0.1, 0.15) is 12.5 Å². The van der Waals surface area contributed by atoms with Crippen molar-refractivity contribution in [3.8, 4) is 11.8 Å². The predicted molar refractivity (Wildman–Crippen MR) is 75.9 cm³/mol. The minimum atomic E-state index is 0.263. The van der Waals surface area contributed by atoms with E-state index < -0.39 is 0 Å². The van der Waals surface area contributed by atoms with Gasteiger partial charge in [-0.05, 0) is 24.7 Å². The van der Waals surface area contributed by atoms with Crippen LogP contribution in [0.25, 0.3) is 0 Å². The zero-order valence-corrected chi connectivity index (χ0v) is 11.9. The van der Waals surface area contributed by atoms with Crippen molar-refractivity contribution in [2.45, 2.75) is 13.5 Å². The molecule has 0 aliphatic rings. The van der Waals surface area contributed by atoms with Gasteiger partial charge in [0.15, 0.2) is 0 Å². The van der Waals surface area contributed by atoms with Crippen molar-refractivity contribution in [2.24, 2.45) is 0 Å². The van der Waals surface area contributed by atoms with Gasteiger partial charge >= 0.3 is 6.01 Å². The number of nitrogens with zero attached hydrogens (tertiary/aromatic N) is 2. The maximum absolute atomic E-state index is 5.89. The Kier molecular flexibility index (Phi) is 4.96. The molecular formula is C13H13Cl2N3O.